The van der Waals surface area contributed by atoms with Gasteiger partial charge in [-0.1, -0.05) is 35.7 Å². The number of nitrogens with one attached hydrogen (secondary N) is 1. The Hall–Kier alpha value is -0.810. The third-order valence-electron chi connectivity index (χ3n) is 5.57. The van der Waals surface area contributed by atoms with E-state index in [1.807, 2.05) is 18.2 Å². The standard InChI is InChI=1S/C19H27Cl2N3O/c20-17-5-4-15(12-18(17)21)19(13-22-14-25)24-10-6-16(7-11-24)23-8-2-1-3-9-23/h4-5,12,14,16,19H,1-3,6-11,13H2,(H,22,25). The van der Waals surface area contributed by atoms with E-state index in [0.717, 1.165) is 25.1 Å². The second-order valence-electron chi connectivity index (χ2n) is 7.08. The second kappa shape index (κ2) is 9.22. The van der Waals surface area contributed by atoms with Gasteiger partial charge in [-0.25, -0.2) is 0 Å². The van der Waals surface area contributed by atoms with Crippen LogP contribution < -0.4 is 5.32 Å². The number of benzene rings is 1. The quantitative estimate of drug-likeness (QED) is 0.760. The summed E-state index contributed by atoms with van der Waals surface area (Å²) in [5.74, 6) is 0. The van der Waals surface area contributed by atoms with Crippen LogP contribution >= 0.6 is 23.2 Å². The largest absolute Gasteiger partial charge is 0.357 e. The van der Waals surface area contributed by atoms with Crippen molar-refractivity contribution in [1.29, 1.82) is 0 Å². The van der Waals surface area contributed by atoms with Crippen LogP contribution in [0.15, 0.2) is 18.2 Å². The molecule has 1 aromatic rings. The van der Waals surface area contributed by atoms with Crippen LogP contribution in [0.5, 0.6) is 0 Å². The van der Waals surface area contributed by atoms with Crippen molar-refractivity contribution < 1.29 is 4.79 Å². The molecule has 2 fully saturated rings. The molecule has 2 aliphatic heterocycles. The van der Waals surface area contributed by atoms with E-state index in [-0.39, 0.29) is 6.04 Å². The molecule has 0 radical (unpaired) electrons. The monoisotopic (exact) mass is 383 g/mol. The zero-order valence-electron chi connectivity index (χ0n) is 14.6. The predicted octanol–water partition coefficient (Wildman–Crippen LogP) is 3.73. The van der Waals surface area contributed by atoms with Gasteiger partial charge in [0, 0.05) is 25.7 Å². The first kappa shape index (κ1) is 19.0. The van der Waals surface area contributed by atoms with Crippen molar-refractivity contribution in [1.82, 2.24) is 15.1 Å². The molecule has 1 unspecified atom stereocenters. The zero-order chi connectivity index (χ0) is 17.6. The maximum atomic E-state index is 10.8. The number of rotatable bonds is 6. The summed E-state index contributed by atoms with van der Waals surface area (Å²) in [7, 11) is 0. The van der Waals surface area contributed by atoms with E-state index >= 15 is 0 Å². The molecule has 2 heterocycles. The Balaban J connectivity index is 1.65. The molecule has 1 atom stereocenters. The van der Waals surface area contributed by atoms with Crippen molar-refractivity contribution in [3.05, 3.63) is 33.8 Å². The molecule has 0 saturated carbocycles. The fourth-order valence-electron chi connectivity index (χ4n) is 4.18. The number of hydrogen-bond donors (Lipinski definition) is 1. The van der Waals surface area contributed by atoms with Crippen LogP contribution in [-0.4, -0.2) is 55.0 Å². The van der Waals surface area contributed by atoms with E-state index in [4.69, 9.17) is 23.2 Å². The summed E-state index contributed by atoms with van der Waals surface area (Å²) in [5.41, 5.74) is 1.11. The van der Waals surface area contributed by atoms with Gasteiger partial charge in [0.1, 0.15) is 0 Å². The third-order valence-corrected chi connectivity index (χ3v) is 6.31. The molecule has 2 aliphatic rings. The van der Waals surface area contributed by atoms with Gasteiger partial charge in [-0.3, -0.25) is 9.69 Å². The smallest absolute Gasteiger partial charge is 0.207 e. The molecule has 6 heteroatoms. The number of hydrogen-bond acceptors (Lipinski definition) is 3. The highest BCUT2D eigenvalue weighted by atomic mass is 35.5. The van der Waals surface area contributed by atoms with Crippen LogP contribution in [0.4, 0.5) is 0 Å². The third kappa shape index (κ3) is 4.88. The Morgan fingerprint density at radius 3 is 2.44 bits per heavy atom. The van der Waals surface area contributed by atoms with E-state index in [1.54, 1.807) is 0 Å². The first-order chi connectivity index (χ1) is 12.2. The minimum atomic E-state index is 0.141. The molecule has 1 aromatic carbocycles. The number of halogens is 2. The van der Waals surface area contributed by atoms with Crippen LogP contribution in [0.25, 0.3) is 0 Å². The number of carbonyl (C=O) groups excluding carboxylic acids is 1. The van der Waals surface area contributed by atoms with Crippen LogP contribution in [-0.2, 0) is 4.79 Å². The predicted molar refractivity (Wildman–Crippen MR) is 103 cm³/mol. The average Bonchev–Trinajstić information content (AvgIpc) is 2.66. The van der Waals surface area contributed by atoms with E-state index in [2.05, 4.69) is 15.1 Å². The minimum Gasteiger partial charge on any atom is -0.357 e. The molecular formula is C19H27Cl2N3O. The van der Waals surface area contributed by atoms with Gasteiger partial charge in [0.25, 0.3) is 0 Å². The Morgan fingerprint density at radius 1 is 1.08 bits per heavy atom. The summed E-state index contributed by atoms with van der Waals surface area (Å²) < 4.78 is 0. The van der Waals surface area contributed by atoms with Crippen molar-refractivity contribution in [3.8, 4) is 0 Å². The topological polar surface area (TPSA) is 35.6 Å². The van der Waals surface area contributed by atoms with Crippen molar-refractivity contribution >= 4 is 29.6 Å². The highest BCUT2D eigenvalue weighted by Gasteiger charge is 2.29. The number of piperidine rings is 2. The van der Waals surface area contributed by atoms with Gasteiger partial charge >= 0.3 is 0 Å². The Bertz CT molecular complexity index is 570. The van der Waals surface area contributed by atoms with E-state index in [0.29, 0.717) is 22.6 Å². The summed E-state index contributed by atoms with van der Waals surface area (Å²) in [5, 5.41) is 3.98. The summed E-state index contributed by atoms with van der Waals surface area (Å²) in [6.45, 7) is 5.20. The minimum absolute atomic E-state index is 0.141. The van der Waals surface area contributed by atoms with Crippen LogP contribution in [0.3, 0.4) is 0 Å². The summed E-state index contributed by atoms with van der Waals surface area (Å²) in [4.78, 5) is 16.0. The van der Waals surface area contributed by atoms with Gasteiger partial charge in [-0.2, -0.15) is 0 Å². The molecule has 0 aromatic heterocycles. The molecule has 1 amide bonds. The fourth-order valence-corrected chi connectivity index (χ4v) is 4.49. The van der Waals surface area contributed by atoms with E-state index in [9.17, 15) is 4.79 Å². The summed E-state index contributed by atoms with van der Waals surface area (Å²) in [6, 6.07) is 6.64. The molecule has 4 nitrogen and oxygen atoms in total. The van der Waals surface area contributed by atoms with Crippen LogP contribution in [0.1, 0.15) is 43.7 Å². The lowest BCUT2D eigenvalue weighted by atomic mass is 9.96. The summed E-state index contributed by atoms with van der Waals surface area (Å²) in [6.07, 6.45) is 7.22. The van der Waals surface area contributed by atoms with Crippen LogP contribution in [0, 0.1) is 0 Å². The normalized spacial score (nSPS) is 21.8. The first-order valence-electron chi connectivity index (χ1n) is 9.29. The lowest BCUT2D eigenvalue weighted by Crippen LogP contribution is -2.48. The van der Waals surface area contributed by atoms with Gasteiger partial charge in [-0.05, 0) is 56.5 Å². The van der Waals surface area contributed by atoms with Crippen molar-refractivity contribution in [2.45, 2.75) is 44.2 Å². The second-order valence-corrected chi connectivity index (χ2v) is 7.89. The molecule has 138 valence electrons. The van der Waals surface area contributed by atoms with Crippen molar-refractivity contribution in [2.75, 3.05) is 32.7 Å². The van der Waals surface area contributed by atoms with Gasteiger partial charge < -0.3 is 10.2 Å². The molecule has 3 rings (SSSR count). The Labute approximate surface area is 160 Å². The first-order valence-corrected chi connectivity index (χ1v) is 10.0. The molecule has 1 N–H and O–H groups in total. The number of nitrogens with zero attached hydrogens (tertiary/aromatic N) is 2. The van der Waals surface area contributed by atoms with Crippen molar-refractivity contribution in [3.63, 3.8) is 0 Å². The fraction of sp³-hybridized carbons (Fsp3) is 0.632. The van der Waals surface area contributed by atoms with Gasteiger partial charge in [-0.15, -0.1) is 0 Å². The maximum absolute atomic E-state index is 10.8. The van der Waals surface area contributed by atoms with Crippen LogP contribution in [0.2, 0.25) is 10.0 Å². The summed E-state index contributed by atoms with van der Waals surface area (Å²) >= 11 is 12.3. The molecule has 0 spiro atoms. The molecule has 25 heavy (non-hydrogen) atoms. The Morgan fingerprint density at radius 2 is 1.80 bits per heavy atom. The van der Waals surface area contributed by atoms with Crippen molar-refractivity contribution in [2.24, 2.45) is 0 Å². The van der Waals surface area contributed by atoms with E-state index < -0.39 is 0 Å². The molecule has 0 aliphatic carbocycles. The SMILES string of the molecule is O=CNCC(c1ccc(Cl)c(Cl)c1)N1CCC(N2CCCCC2)CC1. The van der Waals surface area contributed by atoms with Gasteiger partial charge in [0.15, 0.2) is 0 Å². The van der Waals surface area contributed by atoms with Gasteiger partial charge in [0.2, 0.25) is 6.41 Å². The van der Waals surface area contributed by atoms with E-state index in [1.165, 1.54) is 45.2 Å². The average molecular weight is 384 g/mol. The maximum Gasteiger partial charge on any atom is 0.207 e. The highest BCUT2D eigenvalue weighted by Crippen LogP contribution is 2.31. The number of likely N-dealkylation sites (tertiary alicyclic amines) is 2. The number of amides is 1. The molecule has 0 bridgehead atoms. The number of carbonyl (C=O) groups is 1. The molecular weight excluding hydrogens is 357 g/mol. The Kier molecular flexibility index (Phi) is 7.00. The highest BCUT2D eigenvalue weighted by molar-refractivity contribution is 6.42. The zero-order valence-corrected chi connectivity index (χ0v) is 16.1. The molecule has 2 saturated heterocycles. The van der Waals surface area contributed by atoms with Gasteiger partial charge in [0.05, 0.1) is 16.1 Å². The lowest BCUT2D eigenvalue weighted by Gasteiger charge is -2.42. The lowest BCUT2D eigenvalue weighted by molar-refractivity contribution is -0.109.